The van der Waals surface area contributed by atoms with Gasteiger partial charge >= 0.3 is 0 Å². The number of hydrogen-bond donors (Lipinski definition) is 1. The van der Waals surface area contributed by atoms with Gasteiger partial charge in [-0.2, -0.15) is 0 Å². The van der Waals surface area contributed by atoms with Crippen molar-refractivity contribution < 1.29 is 8.42 Å². The van der Waals surface area contributed by atoms with Crippen LogP contribution in [-0.2, 0) is 9.84 Å². The molecule has 0 aromatic heterocycles. The summed E-state index contributed by atoms with van der Waals surface area (Å²) in [5.74, 6) is 1.89. The Labute approximate surface area is 136 Å². The molecule has 4 nitrogen and oxygen atoms in total. The van der Waals surface area contributed by atoms with Gasteiger partial charge in [0.05, 0.1) is 11.5 Å². The summed E-state index contributed by atoms with van der Waals surface area (Å²) < 4.78 is 22.9. The van der Waals surface area contributed by atoms with E-state index in [1.54, 1.807) is 0 Å². The largest absolute Gasteiger partial charge is 0.310 e. The third-order valence-corrected chi connectivity index (χ3v) is 7.59. The van der Waals surface area contributed by atoms with E-state index in [2.05, 4.69) is 37.6 Å². The number of nitrogens with zero attached hydrogens (tertiary/aromatic N) is 1. The van der Waals surface area contributed by atoms with Crippen LogP contribution >= 0.6 is 0 Å². The maximum atomic E-state index is 11.5. The first-order valence-corrected chi connectivity index (χ1v) is 10.4. The van der Waals surface area contributed by atoms with Gasteiger partial charge in [-0.1, -0.05) is 26.0 Å². The van der Waals surface area contributed by atoms with E-state index in [9.17, 15) is 8.42 Å². The summed E-state index contributed by atoms with van der Waals surface area (Å²) in [6, 6.07) is 0. The number of nitrogens with one attached hydrogen (secondary N) is 1. The van der Waals surface area contributed by atoms with Crippen molar-refractivity contribution in [1.29, 1.82) is 0 Å². The van der Waals surface area contributed by atoms with E-state index in [1.165, 1.54) is 18.4 Å². The minimum Gasteiger partial charge on any atom is -0.310 e. The zero-order valence-electron chi connectivity index (χ0n) is 14.4. The quantitative estimate of drug-likeness (QED) is 0.759. The maximum absolute atomic E-state index is 11.5. The first-order chi connectivity index (χ1) is 10.3. The van der Waals surface area contributed by atoms with Gasteiger partial charge in [0.25, 0.3) is 0 Å². The van der Waals surface area contributed by atoms with Crippen molar-refractivity contribution in [2.45, 2.75) is 45.6 Å². The molecule has 0 amide bonds. The van der Waals surface area contributed by atoms with Gasteiger partial charge in [0.2, 0.25) is 0 Å². The van der Waals surface area contributed by atoms with E-state index >= 15 is 0 Å². The van der Waals surface area contributed by atoms with Crippen molar-refractivity contribution in [3.05, 3.63) is 12.2 Å². The van der Waals surface area contributed by atoms with E-state index in [0.29, 0.717) is 36.4 Å². The summed E-state index contributed by atoms with van der Waals surface area (Å²) in [4.78, 5) is 2.27. The summed E-state index contributed by atoms with van der Waals surface area (Å²) in [5.41, 5.74) is 1.54. The van der Waals surface area contributed by atoms with Crippen molar-refractivity contribution in [2.24, 2.45) is 11.8 Å². The molecule has 0 aromatic carbocycles. The molecule has 1 N–H and O–H groups in total. The molecule has 0 radical (unpaired) electrons. The van der Waals surface area contributed by atoms with Gasteiger partial charge in [-0.3, -0.25) is 0 Å². The van der Waals surface area contributed by atoms with E-state index in [1.807, 2.05) is 0 Å². The Balaban J connectivity index is 1.83. The predicted octanol–water partition coefficient (Wildman–Crippen LogP) is 2.08. The van der Waals surface area contributed by atoms with Crippen LogP contribution < -0.4 is 5.32 Å². The molecule has 1 saturated carbocycles. The van der Waals surface area contributed by atoms with Gasteiger partial charge in [-0.05, 0) is 38.0 Å². The molecule has 1 aliphatic carbocycles. The number of sulfone groups is 1. The molecule has 0 aromatic rings. The Morgan fingerprint density at radius 1 is 1.36 bits per heavy atom. The van der Waals surface area contributed by atoms with Crippen molar-refractivity contribution in [3.8, 4) is 0 Å². The van der Waals surface area contributed by atoms with Crippen LogP contribution in [0.25, 0.3) is 0 Å². The van der Waals surface area contributed by atoms with Crippen LogP contribution in [0.4, 0.5) is 0 Å². The normalized spacial score (nSPS) is 35.6. The fraction of sp³-hybridized carbons (Fsp3) is 0.882. The monoisotopic (exact) mass is 328 g/mol. The highest BCUT2D eigenvalue weighted by atomic mass is 32.2. The average Bonchev–Trinajstić information content (AvgIpc) is 2.79. The minimum atomic E-state index is -2.77. The lowest BCUT2D eigenvalue weighted by atomic mass is 9.80. The Morgan fingerprint density at radius 3 is 2.50 bits per heavy atom. The Kier molecular flexibility index (Phi) is 5.73. The van der Waals surface area contributed by atoms with Gasteiger partial charge in [0.1, 0.15) is 0 Å². The van der Waals surface area contributed by atoms with E-state index < -0.39 is 9.84 Å². The van der Waals surface area contributed by atoms with Crippen molar-refractivity contribution in [3.63, 3.8) is 0 Å². The second kappa shape index (κ2) is 7.02. The molecule has 0 unspecified atom stereocenters. The highest BCUT2D eigenvalue weighted by Crippen LogP contribution is 2.44. The van der Waals surface area contributed by atoms with Crippen LogP contribution in [0.1, 0.15) is 40.0 Å². The zero-order chi connectivity index (χ0) is 16.4. The molecule has 2 fully saturated rings. The van der Waals surface area contributed by atoms with Gasteiger partial charge in [0.15, 0.2) is 9.84 Å². The Morgan fingerprint density at radius 2 is 2.00 bits per heavy atom. The predicted molar refractivity (Wildman–Crippen MR) is 92.8 cm³/mol. The van der Waals surface area contributed by atoms with Crippen LogP contribution in [0.3, 0.4) is 0 Å². The van der Waals surface area contributed by atoms with Gasteiger partial charge in [-0.15, -0.1) is 0 Å². The van der Waals surface area contributed by atoms with E-state index in [4.69, 9.17) is 0 Å². The topological polar surface area (TPSA) is 49.4 Å². The summed E-state index contributed by atoms with van der Waals surface area (Å²) >= 11 is 0. The number of hydrogen-bond acceptors (Lipinski definition) is 4. The number of allylic oxidation sites excluding steroid dienone is 1. The molecule has 0 bridgehead atoms. The molecule has 1 aliphatic heterocycles. The first kappa shape index (κ1) is 18.0. The summed E-state index contributed by atoms with van der Waals surface area (Å²) in [5, 5.41) is 3.82. The minimum absolute atomic E-state index is 0.228. The standard InChI is InChI=1S/C17H32N2O2S/c1-5-17(7-6-16(14(2)3)15(17)4)18-8-9-19-10-12-22(20,21)13-11-19/h15-16,18H,2,5-13H2,1,3-4H3/t15-,16-,17+/m0/s1. The van der Waals surface area contributed by atoms with Crippen LogP contribution in [0, 0.1) is 11.8 Å². The molecule has 2 rings (SSSR count). The van der Waals surface area contributed by atoms with Gasteiger partial charge in [0, 0.05) is 31.7 Å². The smallest absolute Gasteiger partial charge is 0.152 e. The molecule has 22 heavy (non-hydrogen) atoms. The van der Waals surface area contributed by atoms with Crippen molar-refractivity contribution in [1.82, 2.24) is 10.2 Å². The third-order valence-electron chi connectivity index (χ3n) is 5.98. The van der Waals surface area contributed by atoms with E-state index in [-0.39, 0.29) is 5.54 Å². The lowest BCUT2D eigenvalue weighted by Gasteiger charge is -2.37. The third kappa shape index (κ3) is 3.92. The molecule has 2 aliphatic rings. The summed E-state index contributed by atoms with van der Waals surface area (Å²) in [6.45, 7) is 14.2. The Hall–Kier alpha value is -0.390. The van der Waals surface area contributed by atoms with Crippen LogP contribution in [0.5, 0.6) is 0 Å². The highest BCUT2D eigenvalue weighted by molar-refractivity contribution is 7.91. The van der Waals surface area contributed by atoms with E-state index in [0.717, 1.165) is 19.5 Å². The lowest BCUT2D eigenvalue weighted by molar-refractivity contribution is 0.210. The van der Waals surface area contributed by atoms with Crippen LogP contribution in [-0.4, -0.2) is 56.5 Å². The molecular formula is C17H32N2O2S. The lowest BCUT2D eigenvalue weighted by Crippen LogP contribution is -2.51. The number of rotatable bonds is 6. The second-order valence-corrected chi connectivity index (χ2v) is 9.51. The molecule has 128 valence electrons. The molecular weight excluding hydrogens is 296 g/mol. The molecule has 0 spiro atoms. The average molecular weight is 329 g/mol. The van der Waals surface area contributed by atoms with Gasteiger partial charge in [-0.25, -0.2) is 8.42 Å². The summed E-state index contributed by atoms with van der Waals surface area (Å²) in [7, 11) is -2.77. The molecule has 1 saturated heterocycles. The second-order valence-electron chi connectivity index (χ2n) is 7.21. The zero-order valence-corrected chi connectivity index (χ0v) is 15.2. The molecule has 3 atom stereocenters. The van der Waals surface area contributed by atoms with Crippen LogP contribution in [0.2, 0.25) is 0 Å². The van der Waals surface area contributed by atoms with Gasteiger partial charge < -0.3 is 10.2 Å². The fourth-order valence-corrected chi connectivity index (χ4v) is 5.54. The highest BCUT2D eigenvalue weighted by Gasteiger charge is 2.44. The van der Waals surface area contributed by atoms with Crippen molar-refractivity contribution >= 4 is 9.84 Å². The van der Waals surface area contributed by atoms with Crippen LogP contribution in [0.15, 0.2) is 12.2 Å². The molecule has 5 heteroatoms. The summed E-state index contributed by atoms with van der Waals surface area (Å²) in [6.07, 6.45) is 3.60. The fourth-order valence-electron chi connectivity index (χ4n) is 4.26. The maximum Gasteiger partial charge on any atom is 0.152 e. The Bertz CT molecular complexity index is 489. The van der Waals surface area contributed by atoms with Crippen molar-refractivity contribution in [2.75, 3.05) is 37.7 Å². The SMILES string of the molecule is C=C(C)[C@@H]1CC[C@@](CC)(NCCN2CCS(=O)(=O)CC2)[C@H]1C. The first-order valence-electron chi connectivity index (χ1n) is 8.63. The molecule has 1 heterocycles.